The van der Waals surface area contributed by atoms with E-state index in [2.05, 4.69) is 45.6 Å². The van der Waals surface area contributed by atoms with E-state index in [9.17, 15) is 19.6 Å². The van der Waals surface area contributed by atoms with Gasteiger partial charge in [-0.15, -0.1) is 0 Å². The molecule has 0 bridgehead atoms. The summed E-state index contributed by atoms with van der Waals surface area (Å²) in [6, 6.07) is 1.99. The van der Waals surface area contributed by atoms with Crippen LogP contribution in [0.3, 0.4) is 0 Å². The van der Waals surface area contributed by atoms with Gasteiger partial charge in [0.25, 0.3) is 0 Å². The van der Waals surface area contributed by atoms with E-state index in [0.29, 0.717) is 18.8 Å². The maximum atomic E-state index is 14.2. The number of guanidine groups is 1. The Morgan fingerprint density at radius 2 is 2.22 bits per heavy atom. The molecule has 0 saturated carbocycles. The van der Waals surface area contributed by atoms with E-state index >= 15 is 0 Å². The molecule has 1 aromatic heterocycles. The molecular formula is C26H33FN6O4. The molecule has 0 atom stereocenters. The second-order valence-electron chi connectivity index (χ2n) is 8.66. The number of fused-ring (bicyclic) bond motifs is 1. The van der Waals surface area contributed by atoms with E-state index in [4.69, 9.17) is 4.74 Å². The van der Waals surface area contributed by atoms with Crippen molar-refractivity contribution >= 4 is 29.1 Å². The number of anilines is 1. The first-order chi connectivity index (χ1) is 17.7. The van der Waals surface area contributed by atoms with Crippen molar-refractivity contribution in [2.75, 3.05) is 32.6 Å². The number of nitrogens with one attached hydrogen (secondary N) is 1. The van der Waals surface area contributed by atoms with Gasteiger partial charge in [-0.25, -0.2) is 9.98 Å². The smallest absolute Gasteiger partial charge is 0.307 e. The SMILES string of the molecule is C=C(C=NC(=NCc1cn2c(c1C)/C(=C\C)CCC2)Nc1cc([N+](=O)[O-])c(F)cc1OC)N(C)CCO. The molecule has 1 aliphatic rings. The molecule has 1 aliphatic heterocycles. The number of hydrogen-bond donors (Lipinski definition) is 2. The number of ether oxygens (including phenoxy) is 1. The number of aliphatic hydroxyl groups excluding tert-OH is 1. The number of rotatable bonds is 9. The van der Waals surface area contributed by atoms with Crippen LogP contribution in [0.15, 0.2) is 46.7 Å². The lowest BCUT2D eigenvalue weighted by Gasteiger charge is -2.19. The van der Waals surface area contributed by atoms with Gasteiger partial charge in [0.05, 0.1) is 37.1 Å². The summed E-state index contributed by atoms with van der Waals surface area (Å²) in [5.41, 5.74) is 4.65. The van der Waals surface area contributed by atoms with E-state index in [1.54, 1.807) is 11.9 Å². The zero-order chi connectivity index (χ0) is 27.1. The predicted molar refractivity (Wildman–Crippen MR) is 144 cm³/mol. The van der Waals surface area contributed by atoms with Gasteiger partial charge in [-0.05, 0) is 43.4 Å². The fraction of sp³-hybridized carbons (Fsp3) is 0.385. The van der Waals surface area contributed by atoms with Crippen LogP contribution in [-0.2, 0) is 13.1 Å². The van der Waals surface area contributed by atoms with Crippen molar-refractivity contribution < 1.29 is 19.2 Å². The first kappa shape index (κ1) is 27.6. The number of methoxy groups -OCH3 is 1. The second kappa shape index (κ2) is 12.3. The summed E-state index contributed by atoms with van der Waals surface area (Å²) in [6.07, 6.45) is 7.82. The van der Waals surface area contributed by atoms with Crippen molar-refractivity contribution in [2.24, 2.45) is 9.98 Å². The summed E-state index contributed by atoms with van der Waals surface area (Å²) in [5, 5.41) is 23.4. The molecule has 2 aromatic rings. The Hall–Kier alpha value is -3.99. The molecule has 0 amide bonds. The Morgan fingerprint density at radius 1 is 1.46 bits per heavy atom. The third-order valence-corrected chi connectivity index (χ3v) is 6.31. The van der Waals surface area contributed by atoms with Gasteiger partial charge in [-0.2, -0.15) is 4.39 Å². The zero-order valence-electron chi connectivity index (χ0n) is 21.6. The lowest BCUT2D eigenvalue weighted by Crippen LogP contribution is -2.22. The maximum Gasteiger partial charge on any atom is 0.307 e. The van der Waals surface area contributed by atoms with Crippen LogP contribution >= 0.6 is 0 Å². The van der Waals surface area contributed by atoms with Crippen LogP contribution in [0.1, 0.15) is 36.6 Å². The number of benzene rings is 1. The lowest BCUT2D eigenvalue weighted by molar-refractivity contribution is -0.387. The Morgan fingerprint density at radius 3 is 2.86 bits per heavy atom. The summed E-state index contributed by atoms with van der Waals surface area (Å²) in [4.78, 5) is 21.3. The molecule has 10 nitrogen and oxygen atoms in total. The molecule has 11 heteroatoms. The fourth-order valence-corrected chi connectivity index (χ4v) is 4.19. The normalized spacial score (nSPS) is 14.6. The topological polar surface area (TPSA) is 118 Å². The third kappa shape index (κ3) is 6.42. The summed E-state index contributed by atoms with van der Waals surface area (Å²) in [6.45, 7) is 9.61. The van der Waals surface area contributed by atoms with Gasteiger partial charge in [-0.3, -0.25) is 10.1 Å². The number of halogens is 1. The second-order valence-corrected chi connectivity index (χ2v) is 8.66. The Balaban J connectivity index is 1.98. The summed E-state index contributed by atoms with van der Waals surface area (Å²) >= 11 is 0. The van der Waals surface area contributed by atoms with Gasteiger partial charge >= 0.3 is 5.69 Å². The van der Waals surface area contributed by atoms with Crippen LogP contribution in [-0.4, -0.2) is 59.0 Å². The van der Waals surface area contributed by atoms with Gasteiger partial charge in [0, 0.05) is 49.9 Å². The molecule has 3 rings (SSSR count). The number of aryl methyl sites for hydroxylation is 1. The first-order valence-corrected chi connectivity index (χ1v) is 11.9. The van der Waals surface area contributed by atoms with Gasteiger partial charge in [-0.1, -0.05) is 12.7 Å². The molecule has 0 radical (unpaired) electrons. The summed E-state index contributed by atoms with van der Waals surface area (Å²) in [5.74, 6) is -0.814. The highest BCUT2D eigenvalue weighted by molar-refractivity contribution is 6.01. The molecule has 198 valence electrons. The van der Waals surface area contributed by atoms with Crippen molar-refractivity contribution in [3.63, 3.8) is 0 Å². The largest absolute Gasteiger partial charge is 0.494 e. The Labute approximate surface area is 215 Å². The van der Waals surface area contributed by atoms with Crippen molar-refractivity contribution in [1.29, 1.82) is 0 Å². The quantitative estimate of drug-likeness (QED) is 0.221. The molecule has 0 aliphatic carbocycles. The number of hydrogen-bond acceptors (Lipinski definition) is 6. The molecule has 1 aromatic carbocycles. The number of nitro groups is 1. The summed E-state index contributed by atoms with van der Waals surface area (Å²) in [7, 11) is 3.10. The number of nitrogens with zero attached hydrogens (tertiary/aromatic N) is 5. The Bertz CT molecular complexity index is 1260. The molecular weight excluding hydrogens is 479 g/mol. The average molecular weight is 513 g/mol. The number of aromatic nitrogens is 1. The monoisotopic (exact) mass is 512 g/mol. The van der Waals surface area contributed by atoms with Crippen molar-refractivity contribution in [3.8, 4) is 5.75 Å². The van der Waals surface area contributed by atoms with Crippen molar-refractivity contribution in [2.45, 2.75) is 39.8 Å². The highest BCUT2D eigenvalue weighted by Crippen LogP contribution is 2.33. The number of aliphatic hydroxyl groups is 1. The van der Waals surface area contributed by atoms with Crippen molar-refractivity contribution in [1.82, 2.24) is 9.47 Å². The number of nitro benzene ring substituents is 1. The minimum atomic E-state index is -1.01. The van der Waals surface area contributed by atoms with Crippen LogP contribution in [0.2, 0.25) is 0 Å². The van der Waals surface area contributed by atoms with Crippen LogP contribution in [0.25, 0.3) is 5.57 Å². The van der Waals surface area contributed by atoms with Crippen LogP contribution in [0.5, 0.6) is 5.75 Å². The lowest BCUT2D eigenvalue weighted by atomic mass is 9.99. The van der Waals surface area contributed by atoms with Gasteiger partial charge in [0.1, 0.15) is 5.75 Å². The van der Waals surface area contributed by atoms with E-state index < -0.39 is 16.4 Å². The molecule has 0 unspecified atom stereocenters. The van der Waals surface area contributed by atoms with Gasteiger partial charge in [0.15, 0.2) is 0 Å². The van der Waals surface area contributed by atoms with E-state index in [1.807, 2.05) is 6.92 Å². The first-order valence-electron chi connectivity index (χ1n) is 11.9. The number of likely N-dealkylation sites (N-methyl/N-ethyl adjacent to an activating group) is 1. The maximum absolute atomic E-state index is 14.2. The average Bonchev–Trinajstić information content (AvgIpc) is 3.21. The molecule has 2 N–H and O–H groups in total. The van der Waals surface area contributed by atoms with Crippen LogP contribution in [0.4, 0.5) is 15.8 Å². The predicted octanol–water partition coefficient (Wildman–Crippen LogP) is 4.53. The van der Waals surface area contributed by atoms with Gasteiger partial charge in [0.2, 0.25) is 11.8 Å². The number of aliphatic imine (C=N–C) groups is 2. The van der Waals surface area contributed by atoms with Crippen molar-refractivity contribution in [3.05, 3.63) is 69.4 Å². The number of allylic oxidation sites excluding steroid dienone is 3. The molecule has 0 fully saturated rings. The Kier molecular flexibility index (Phi) is 9.18. The van der Waals surface area contributed by atoms with E-state index in [0.717, 1.165) is 42.6 Å². The molecule has 0 spiro atoms. The molecule has 2 heterocycles. The highest BCUT2D eigenvalue weighted by atomic mass is 19.1. The van der Waals surface area contributed by atoms with Crippen LogP contribution < -0.4 is 10.1 Å². The minimum absolute atomic E-state index is 0.0498. The minimum Gasteiger partial charge on any atom is -0.494 e. The summed E-state index contributed by atoms with van der Waals surface area (Å²) < 4.78 is 21.6. The standard InChI is InChI=1S/C26H33FN6O4/c1-6-19-8-7-9-32-16-20(18(3)25(19)32)15-29-26(28-14-17(2)31(4)10-11-34)30-22-13-23(33(35)36)21(27)12-24(22)37-5/h6,12-14,16,34H,2,7-11,15H2,1,3-5H3,(H,29,30)/b19-6-,28-14?. The fourth-order valence-electron chi connectivity index (χ4n) is 4.19. The van der Waals surface area contributed by atoms with Gasteiger partial charge < -0.3 is 24.6 Å². The zero-order valence-corrected chi connectivity index (χ0v) is 21.6. The molecule has 0 saturated heterocycles. The molecule has 37 heavy (non-hydrogen) atoms. The van der Waals surface area contributed by atoms with Crippen LogP contribution in [0, 0.1) is 22.9 Å². The van der Waals surface area contributed by atoms with E-state index in [-0.39, 0.29) is 24.0 Å². The highest BCUT2D eigenvalue weighted by Gasteiger charge is 2.21. The third-order valence-electron chi connectivity index (χ3n) is 6.31. The van der Waals surface area contributed by atoms with E-state index in [1.165, 1.54) is 24.6 Å².